The van der Waals surface area contributed by atoms with Crippen LogP contribution in [0.4, 0.5) is 0 Å². The first kappa shape index (κ1) is 13.7. The van der Waals surface area contributed by atoms with E-state index in [2.05, 4.69) is 4.90 Å². The van der Waals surface area contributed by atoms with E-state index in [-0.39, 0.29) is 5.92 Å². The van der Waals surface area contributed by atoms with E-state index in [1.807, 2.05) is 12.1 Å². The zero-order valence-electron chi connectivity index (χ0n) is 9.90. The number of nitrogens with zero attached hydrogens (tertiary/aromatic N) is 1. The monoisotopic (exact) mass is 287 g/mol. The van der Waals surface area contributed by atoms with Crippen molar-refractivity contribution in [1.82, 2.24) is 4.90 Å². The average Bonchev–Trinajstić information content (AvgIpc) is 2.35. The highest BCUT2D eigenvalue weighted by molar-refractivity contribution is 6.42. The third kappa shape index (κ3) is 3.16. The maximum atomic E-state index is 11.0. The lowest BCUT2D eigenvalue weighted by Gasteiger charge is -2.30. The number of rotatable bonds is 3. The van der Waals surface area contributed by atoms with E-state index in [1.165, 1.54) is 0 Å². The molecule has 5 heteroatoms. The van der Waals surface area contributed by atoms with Crippen molar-refractivity contribution in [2.45, 2.75) is 19.4 Å². The Bertz CT molecular complexity index is 451. The van der Waals surface area contributed by atoms with Crippen LogP contribution < -0.4 is 0 Å². The Balaban J connectivity index is 2.05. The van der Waals surface area contributed by atoms with Crippen LogP contribution in [0, 0.1) is 5.92 Å². The molecule has 1 aliphatic rings. The molecule has 1 aromatic rings. The van der Waals surface area contributed by atoms with Gasteiger partial charge in [0, 0.05) is 13.1 Å². The van der Waals surface area contributed by atoms with Crippen molar-refractivity contribution in [3.63, 3.8) is 0 Å². The Labute approximate surface area is 116 Å². The van der Waals surface area contributed by atoms with Crippen molar-refractivity contribution in [3.05, 3.63) is 33.8 Å². The molecule has 3 nitrogen and oxygen atoms in total. The Hall–Kier alpha value is -0.770. The Morgan fingerprint density at radius 2 is 2.22 bits per heavy atom. The highest BCUT2D eigenvalue weighted by atomic mass is 35.5. The standard InChI is InChI=1S/C13H15Cl2NO2/c14-11-5-1-3-9(12(11)15)7-16-6-2-4-10(8-16)13(17)18/h1,3,5,10H,2,4,6-8H2,(H,17,18)/t10-/m0/s1. The fourth-order valence-electron chi connectivity index (χ4n) is 2.31. The molecule has 1 N–H and O–H groups in total. The quantitative estimate of drug-likeness (QED) is 0.927. The van der Waals surface area contributed by atoms with Crippen LogP contribution in [-0.2, 0) is 11.3 Å². The first-order valence-electron chi connectivity index (χ1n) is 5.96. The third-order valence-corrected chi connectivity index (χ3v) is 4.14. The summed E-state index contributed by atoms with van der Waals surface area (Å²) >= 11 is 12.1. The highest BCUT2D eigenvalue weighted by Crippen LogP contribution is 2.27. The fourth-order valence-corrected chi connectivity index (χ4v) is 2.69. The van der Waals surface area contributed by atoms with E-state index in [0.29, 0.717) is 23.1 Å². The molecule has 1 aromatic carbocycles. The van der Waals surface area contributed by atoms with Crippen LogP contribution in [0.15, 0.2) is 18.2 Å². The second kappa shape index (κ2) is 5.91. The highest BCUT2D eigenvalue weighted by Gasteiger charge is 2.25. The molecule has 1 atom stereocenters. The van der Waals surface area contributed by atoms with Gasteiger partial charge in [-0.25, -0.2) is 0 Å². The van der Waals surface area contributed by atoms with Gasteiger partial charge in [0.1, 0.15) is 0 Å². The lowest BCUT2D eigenvalue weighted by Crippen LogP contribution is -2.38. The number of benzene rings is 1. The van der Waals surface area contributed by atoms with E-state index >= 15 is 0 Å². The van der Waals surface area contributed by atoms with Crippen molar-refractivity contribution in [2.24, 2.45) is 5.92 Å². The fraction of sp³-hybridized carbons (Fsp3) is 0.462. The topological polar surface area (TPSA) is 40.5 Å². The van der Waals surface area contributed by atoms with Crippen molar-refractivity contribution >= 4 is 29.2 Å². The summed E-state index contributed by atoms with van der Waals surface area (Å²) in [5.74, 6) is -0.978. The predicted molar refractivity (Wildman–Crippen MR) is 72.1 cm³/mol. The summed E-state index contributed by atoms with van der Waals surface area (Å²) in [5.41, 5.74) is 0.954. The van der Waals surface area contributed by atoms with E-state index in [4.69, 9.17) is 28.3 Å². The van der Waals surface area contributed by atoms with E-state index in [9.17, 15) is 4.79 Å². The van der Waals surface area contributed by atoms with Crippen molar-refractivity contribution in [3.8, 4) is 0 Å². The molecule has 0 bridgehead atoms. The van der Waals surface area contributed by atoms with Crippen molar-refractivity contribution in [1.29, 1.82) is 0 Å². The number of halogens is 2. The van der Waals surface area contributed by atoms with Crippen molar-refractivity contribution < 1.29 is 9.90 Å². The molecule has 1 aliphatic heterocycles. The van der Waals surface area contributed by atoms with Gasteiger partial charge in [0.15, 0.2) is 0 Å². The minimum atomic E-state index is -0.711. The Morgan fingerprint density at radius 1 is 1.44 bits per heavy atom. The maximum Gasteiger partial charge on any atom is 0.307 e. The second-order valence-electron chi connectivity index (χ2n) is 4.63. The van der Waals surface area contributed by atoms with Crippen LogP contribution in [0.2, 0.25) is 10.0 Å². The largest absolute Gasteiger partial charge is 0.481 e. The van der Waals surface area contributed by atoms with Crippen LogP contribution >= 0.6 is 23.2 Å². The van der Waals surface area contributed by atoms with Gasteiger partial charge in [0.05, 0.1) is 16.0 Å². The first-order chi connectivity index (χ1) is 8.58. The van der Waals surface area contributed by atoms with Gasteiger partial charge in [0.25, 0.3) is 0 Å². The van der Waals surface area contributed by atoms with Gasteiger partial charge in [-0.1, -0.05) is 35.3 Å². The van der Waals surface area contributed by atoms with Crippen LogP contribution in [0.1, 0.15) is 18.4 Å². The van der Waals surface area contributed by atoms with Crippen molar-refractivity contribution in [2.75, 3.05) is 13.1 Å². The molecule has 2 rings (SSSR count). The number of carboxylic acids is 1. The number of hydrogen-bond donors (Lipinski definition) is 1. The molecule has 0 unspecified atom stereocenters. The molecule has 0 spiro atoms. The van der Waals surface area contributed by atoms with Gasteiger partial charge in [0.2, 0.25) is 0 Å². The SMILES string of the molecule is O=C(O)[C@H]1CCCN(Cc2cccc(Cl)c2Cl)C1. The molecular weight excluding hydrogens is 273 g/mol. The molecule has 0 aliphatic carbocycles. The minimum Gasteiger partial charge on any atom is -0.481 e. The van der Waals surface area contributed by atoms with E-state index in [0.717, 1.165) is 24.9 Å². The zero-order valence-corrected chi connectivity index (χ0v) is 11.4. The Morgan fingerprint density at radius 3 is 2.94 bits per heavy atom. The number of carboxylic acid groups (broad SMARTS) is 1. The zero-order chi connectivity index (χ0) is 13.1. The van der Waals surface area contributed by atoms with Gasteiger partial charge < -0.3 is 5.11 Å². The average molecular weight is 288 g/mol. The second-order valence-corrected chi connectivity index (χ2v) is 5.41. The third-order valence-electron chi connectivity index (χ3n) is 3.28. The maximum absolute atomic E-state index is 11.0. The minimum absolute atomic E-state index is 0.267. The van der Waals surface area contributed by atoms with Gasteiger partial charge in [-0.05, 0) is 31.0 Å². The summed E-state index contributed by atoms with van der Waals surface area (Å²) in [4.78, 5) is 13.1. The smallest absolute Gasteiger partial charge is 0.307 e. The van der Waals surface area contributed by atoms with Crippen LogP contribution in [-0.4, -0.2) is 29.1 Å². The molecule has 0 radical (unpaired) electrons. The molecule has 98 valence electrons. The number of piperidine rings is 1. The normalized spacial score (nSPS) is 20.9. The summed E-state index contributed by atoms with van der Waals surface area (Å²) < 4.78 is 0. The molecule has 18 heavy (non-hydrogen) atoms. The molecule has 1 saturated heterocycles. The van der Waals surface area contributed by atoms with E-state index < -0.39 is 5.97 Å². The number of likely N-dealkylation sites (tertiary alicyclic amines) is 1. The summed E-state index contributed by atoms with van der Waals surface area (Å²) in [7, 11) is 0. The van der Waals surface area contributed by atoms with Crippen LogP contribution in [0.5, 0.6) is 0 Å². The lowest BCUT2D eigenvalue weighted by molar-refractivity contribution is -0.143. The van der Waals surface area contributed by atoms with Crippen LogP contribution in [0.25, 0.3) is 0 Å². The molecule has 0 saturated carbocycles. The van der Waals surface area contributed by atoms with Gasteiger partial charge in [-0.15, -0.1) is 0 Å². The number of carbonyl (C=O) groups is 1. The predicted octanol–water partition coefficient (Wildman–Crippen LogP) is 3.29. The summed E-state index contributed by atoms with van der Waals surface area (Å²) in [5, 5.41) is 10.2. The van der Waals surface area contributed by atoms with Gasteiger partial charge in [-0.2, -0.15) is 0 Å². The summed E-state index contributed by atoms with van der Waals surface area (Å²) in [6, 6.07) is 5.55. The van der Waals surface area contributed by atoms with Gasteiger partial charge in [-0.3, -0.25) is 9.69 Å². The lowest BCUT2D eigenvalue weighted by atomic mass is 9.98. The summed E-state index contributed by atoms with van der Waals surface area (Å²) in [6.45, 7) is 2.15. The molecule has 0 aromatic heterocycles. The Kier molecular flexibility index (Phi) is 4.49. The molecule has 0 amide bonds. The van der Waals surface area contributed by atoms with Crippen LogP contribution in [0.3, 0.4) is 0 Å². The number of aliphatic carboxylic acids is 1. The molecule has 1 fully saturated rings. The first-order valence-corrected chi connectivity index (χ1v) is 6.71. The van der Waals surface area contributed by atoms with E-state index in [1.54, 1.807) is 6.07 Å². The molecular formula is C13H15Cl2NO2. The summed E-state index contributed by atoms with van der Waals surface area (Å²) in [6.07, 6.45) is 1.67. The number of hydrogen-bond acceptors (Lipinski definition) is 2. The van der Waals surface area contributed by atoms with Gasteiger partial charge >= 0.3 is 5.97 Å². The molecule has 1 heterocycles.